The smallest absolute Gasteiger partial charge is 0.124 e. The van der Waals surface area contributed by atoms with Gasteiger partial charge >= 0.3 is 0 Å². The fourth-order valence-corrected chi connectivity index (χ4v) is 2.01. The summed E-state index contributed by atoms with van der Waals surface area (Å²) in [4.78, 5) is 0. The van der Waals surface area contributed by atoms with E-state index in [0.717, 1.165) is 5.56 Å². The molecule has 1 atom stereocenters. The molecule has 0 unspecified atom stereocenters. The molecule has 0 radical (unpaired) electrons. The molecule has 0 aliphatic heterocycles. The van der Waals surface area contributed by atoms with Gasteiger partial charge < -0.3 is 10.4 Å². The van der Waals surface area contributed by atoms with E-state index in [1.807, 2.05) is 20.8 Å². The van der Waals surface area contributed by atoms with Gasteiger partial charge in [-0.25, -0.2) is 4.39 Å². The number of halogens is 2. The summed E-state index contributed by atoms with van der Waals surface area (Å²) in [5, 5.41) is 13.2. The van der Waals surface area contributed by atoms with Gasteiger partial charge in [0, 0.05) is 17.1 Å². The van der Waals surface area contributed by atoms with Crippen LogP contribution >= 0.6 is 11.6 Å². The van der Waals surface area contributed by atoms with Gasteiger partial charge in [-0.05, 0) is 38.0 Å². The van der Waals surface area contributed by atoms with E-state index in [1.165, 1.54) is 12.1 Å². The van der Waals surface area contributed by atoms with Gasteiger partial charge in [-0.15, -0.1) is 0 Å². The maximum absolute atomic E-state index is 13.0. The second kappa shape index (κ2) is 5.80. The number of nitrogens with one attached hydrogen (secondary N) is 1. The van der Waals surface area contributed by atoms with Crippen molar-refractivity contribution in [1.29, 1.82) is 0 Å². The van der Waals surface area contributed by atoms with Gasteiger partial charge in [0.15, 0.2) is 0 Å². The Balaban J connectivity index is 2.81. The van der Waals surface area contributed by atoms with Gasteiger partial charge in [0.25, 0.3) is 0 Å². The molecular formula is C13H19ClFNO. The molecule has 0 saturated heterocycles. The quantitative estimate of drug-likeness (QED) is 0.852. The number of rotatable bonds is 5. The summed E-state index contributed by atoms with van der Waals surface area (Å²) in [6.45, 7) is 6.31. The number of aliphatic hydroxyl groups is 1. The SMILES string of the molecule is CC[C@@H](O)CNC(C)(C)c1ccc(F)cc1Cl. The van der Waals surface area contributed by atoms with E-state index in [2.05, 4.69) is 5.32 Å². The zero-order valence-corrected chi connectivity index (χ0v) is 11.2. The molecule has 1 rings (SSSR count). The van der Waals surface area contributed by atoms with Gasteiger partial charge in [-0.2, -0.15) is 0 Å². The van der Waals surface area contributed by atoms with Crippen molar-refractivity contribution in [3.8, 4) is 0 Å². The van der Waals surface area contributed by atoms with Crippen LogP contribution < -0.4 is 5.32 Å². The van der Waals surface area contributed by atoms with E-state index in [9.17, 15) is 9.50 Å². The van der Waals surface area contributed by atoms with Crippen LogP contribution in [0, 0.1) is 5.82 Å². The molecule has 1 aromatic carbocycles. The highest BCUT2D eigenvalue weighted by molar-refractivity contribution is 6.31. The second-order valence-corrected chi connectivity index (χ2v) is 5.10. The lowest BCUT2D eigenvalue weighted by Crippen LogP contribution is -2.41. The highest BCUT2D eigenvalue weighted by atomic mass is 35.5. The Morgan fingerprint density at radius 1 is 1.47 bits per heavy atom. The summed E-state index contributed by atoms with van der Waals surface area (Å²) in [7, 11) is 0. The third-order valence-electron chi connectivity index (χ3n) is 2.86. The maximum Gasteiger partial charge on any atom is 0.124 e. The first-order valence-corrected chi connectivity index (χ1v) is 6.13. The topological polar surface area (TPSA) is 32.3 Å². The molecule has 0 fully saturated rings. The Morgan fingerprint density at radius 2 is 2.12 bits per heavy atom. The van der Waals surface area contributed by atoms with Crippen molar-refractivity contribution in [2.45, 2.75) is 38.8 Å². The minimum atomic E-state index is -0.402. The number of hydrogen-bond donors (Lipinski definition) is 2. The van der Waals surface area contributed by atoms with Crippen LogP contribution in [-0.4, -0.2) is 17.8 Å². The van der Waals surface area contributed by atoms with Crippen LogP contribution in [0.3, 0.4) is 0 Å². The number of aliphatic hydroxyl groups excluding tert-OH is 1. The molecule has 0 amide bonds. The first-order valence-electron chi connectivity index (χ1n) is 5.75. The zero-order chi connectivity index (χ0) is 13.1. The van der Waals surface area contributed by atoms with Crippen LogP contribution in [0.4, 0.5) is 4.39 Å². The lowest BCUT2D eigenvalue weighted by atomic mass is 9.94. The van der Waals surface area contributed by atoms with Crippen LogP contribution in [0.25, 0.3) is 0 Å². The second-order valence-electron chi connectivity index (χ2n) is 4.69. The van der Waals surface area contributed by atoms with Crippen molar-refractivity contribution in [2.75, 3.05) is 6.54 Å². The molecule has 1 aromatic rings. The van der Waals surface area contributed by atoms with E-state index >= 15 is 0 Å². The predicted octanol–water partition coefficient (Wildman–Crippen LogP) is 3.07. The van der Waals surface area contributed by atoms with Crippen molar-refractivity contribution < 1.29 is 9.50 Å². The molecule has 0 aliphatic carbocycles. The van der Waals surface area contributed by atoms with Gasteiger partial charge in [0.2, 0.25) is 0 Å². The summed E-state index contributed by atoms with van der Waals surface area (Å²) in [5.41, 5.74) is 0.421. The molecule has 0 spiro atoms. The Labute approximate surface area is 107 Å². The largest absolute Gasteiger partial charge is 0.392 e. The highest BCUT2D eigenvalue weighted by Gasteiger charge is 2.23. The van der Waals surface area contributed by atoms with Crippen molar-refractivity contribution >= 4 is 11.6 Å². The minimum Gasteiger partial charge on any atom is -0.392 e. The van der Waals surface area contributed by atoms with E-state index < -0.39 is 5.54 Å². The molecule has 0 aromatic heterocycles. The van der Waals surface area contributed by atoms with E-state index in [1.54, 1.807) is 6.07 Å². The first-order chi connectivity index (χ1) is 7.86. The van der Waals surface area contributed by atoms with E-state index in [4.69, 9.17) is 11.6 Å². The van der Waals surface area contributed by atoms with Crippen molar-refractivity contribution in [2.24, 2.45) is 0 Å². The van der Waals surface area contributed by atoms with Gasteiger partial charge in [-0.3, -0.25) is 0 Å². The van der Waals surface area contributed by atoms with E-state index in [-0.39, 0.29) is 11.9 Å². The molecule has 2 N–H and O–H groups in total. The Kier molecular flexibility index (Phi) is 4.92. The molecule has 96 valence electrons. The predicted molar refractivity (Wildman–Crippen MR) is 68.7 cm³/mol. The Morgan fingerprint density at radius 3 is 2.65 bits per heavy atom. The Hall–Kier alpha value is -0.640. The standard InChI is InChI=1S/C13H19ClFNO/c1-4-10(17)8-16-13(2,3)11-6-5-9(15)7-12(11)14/h5-7,10,16-17H,4,8H2,1-3H3/t10-/m1/s1. The summed E-state index contributed by atoms with van der Waals surface area (Å²) in [6, 6.07) is 4.36. The van der Waals surface area contributed by atoms with Gasteiger partial charge in [0.05, 0.1) is 6.10 Å². The van der Waals surface area contributed by atoms with Crippen molar-refractivity contribution in [1.82, 2.24) is 5.32 Å². The zero-order valence-electron chi connectivity index (χ0n) is 10.4. The minimum absolute atomic E-state index is 0.344. The highest BCUT2D eigenvalue weighted by Crippen LogP contribution is 2.28. The fourth-order valence-electron chi connectivity index (χ4n) is 1.61. The molecule has 0 aliphatic rings. The summed E-state index contributed by atoms with van der Waals surface area (Å²) < 4.78 is 13.0. The average Bonchev–Trinajstić information content (AvgIpc) is 2.25. The fraction of sp³-hybridized carbons (Fsp3) is 0.538. The Bertz CT molecular complexity index is 382. The molecule has 2 nitrogen and oxygen atoms in total. The third-order valence-corrected chi connectivity index (χ3v) is 3.17. The van der Waals surface area contributed by atoms with Crippen LogP contribution in [0.15, 0.2) is 18.2 Å². The monoisotopic (exact) mass is 259 g/mol. The maximum atomic E-state index is 13.0. The molecular weight excluding hydrogens is 241 g/mol. The first kappa shape index (κ1) is 14.4. The van der Waals surface area contributed by atoms with Crippen LogP contribution in [-0.2, 0) is 5.54 Å². The van der Waals surface area contributed by atoms with Crippen molar-refractivity contribution in [3.05, 3.63) is 34.6 Å². The average molecular weight is 260 g/mol. The summed E-state index contributed by atoms with van der Waals surface area (Å²) in [5.74, 6) is -0.344. The summed E-state index contributed by atoms with van der Waals surface area (Å²) >= 11 is 6.02. The van der Waals surface area contributed by atoms with Crippen LogP contribution in [0.1, 0.15) is 32.8 Å². The molecule has 0 saturated carbocycles. The van der Waals surface area contributed by atoms with Crippen LogP contribution in [0.2, 0.25) is 5.02 Å². The lowest BCUT2D eigenvalue weighted by molar-refractivity contribution is 0.154. The normalized spacial score (nSPS) is 13.8. The molecule has 4 heteroatoms. The number of benzene rings is 1. The molecule has 0 heterocycles. The summed E-state index contributed by atoms with van der Waals surface area (Å²) in [6.07, 6.45) is 0.314. The van der Waals surface area contributed by atoms with Gasteiger partial charge in [-0.1, -0.05) is 24.6 Å². The molecule has 0 bridgehead atoms. The van der Waals surface area contributed by atoms with E-state index in [0.29, 0.717) is 18.0 Å². The van der Waals surface area contributed by atoms with Crippen molar-refractivity contribution in [3.63, 3.8) is 0 Å². The molecule has 17 heavy (non-hydrogen) atoms. The third kappa shape index (κ3) is 3.95. The number of hydrogen-bond acceptors (Lipinski definition) is 2. The van der Waals surface area contributed by atoms with Gasteiger partial charge in [0.1, 0.15) is 5.82 Å². The lowest BCUT2D eigenvalue weighted by Gasteiger charge is -2.29. The van der Waals surface area contributed by atoms with Crippen LogP contribution in [0.5, 0.6) is 0 Å².